The summed E-state index contributed by atoms with van der Waals surface area (Å²) in [5.41, 5.74) is 1.29. The maximum atomic E-state index is 13.2. The number of carbonyl (C=O) groups excluding carboxylic acids is 1. The standard InChI is InChI=1S/C23H16F3N3O/c24-23(25,26)19-11-5-4-9-16(19)14-28-22(30)18-13-20(15-7-2-1-3-8-15)29-21-17(18)10-6-12-27-21/h1-13H,14H2,(H,28,30). The van der Waals surface area contributed by atoms with Crippen molar-refractivity contribution in [3.8, 4) is 11.3 Å². The van der Waals surface area contributed by atoms with Gasteiger partial charge in [0, 0.05) is 23.7 Å². The molecule has 4 rings (SSSR count). The Balaban J connectivity index is 1.69. The molecular formula is C23H16F3N3O. The molecule has 2 heterocycles. The first kappa shape index (κ1) is 19.6. The highest BCUT2D eigenvalue weighted by atomic mass is 19.4. The number of hydrogen-bond donors (Lipinski definition) is 1. The Hall–Kier alpha value is -3.74. The van der Waals surface area contributed by atoms with Crippen molar-refractivity contribution in [2.75, 3.05) is 0 Å². The van der Waals surface area contributed by atoms with Crippen LogP contribution < -0.4 is 5.32 Å². The van der Waals surface area contributed by atoms with Crippen molar-refractivity contribution in [3.05, 3.63) is 95.7 Å². The molecule has 4 aromatic rings. The van der Waals surface area contributed by atoms with E-state index in [9.17, 15) is 18.0 Å². The van der Waals surface area contributed by atoms with E-state index in [0.717, 1.165) is 11.6 Å². The van der Waals surface area contributed by atoms with Crippen molar-refractivity contribution in [1.82, 2.24) is 15.3 Å². The van der Waals surface area contributed by atoms with Crippen LogP contribution in [0.15, 0.2) is 79.0 Å². The predicted octanol–water partition coefficient (Wildman–Crippen LogP) is 5.25. The summed E-state index contributed by atoms with van der Waals surface area (Å²) < 4.78 is 39.6. The third-order valence-corrected chi connectivity index (χ3v) is 4.66. The van der Waals surface area contributed by atoms with E-state index in [2.05, 4.69) is 15.3 Å². The minimum absolute atomic E-state index is 0.00174. The summed E-state index contributed by atoms with van der Waals surface area (Å²) in [7, 11) is 0. The summed E-state index contributed by atoms with van der Waals surface area (Å²) in [6.07, 6.45) is -2.92. The number of aromatic nitrogens is 2. The van der Waals surface area contributed by atoms with Gasteiger partial charge in [0.15, 0.2) is 5.65 Å². The van der Waals surface area contributed by atoms with Gasteiger partial charge in [0.2, 0.25) is 0 Å². The zero-order valence-corrected chi connectivity index (χ0v) is 15.6. The monoisotopic (exact) mass is 407 g/mol. The molecule has 0 atom stereocenters. The van der Waals surface area contributed by atoms with Gasteiger partial charge in [0.05, 0.1) is 16.8 Å². The lowest BCUT2D eigenvalue weighted by atomic mass is 10.0. The highest BCUT2D eigenvalue weighted by Crippen LogP contribution is 2.32. The first-order chi connectivity index (χ1) is 14.4. The third kappa shape index (κ3) is 4.00. The van der Waals surface area contributed by atoms with Crippen LogP contribution in [0.5, 0.6) is 0 Å². The van der Waals surface area contributed by atoms with Crippen LogP contribution in [-0.4, -0.2) is 15.9 Å². The molecule has 150 valence electrons. The Morgan fingerprint density at radius 1 is 0.933 bits per heavy atom. The molecular weight excluding hydrogens is 391 g/mol. The molecule has 0 fully saturated rings. The minimum atomic E-state index is -4.49. The van der Waals surface area contributed by atoms with Crippen LogP contribution in [0.3, 0.4) is 0 Å². The fraction of sp³-hybridized carbons (Fsp3) is 0.0870. The number of nitrogens with zero attached hydrogens (tertiary/aromatic N) is 2. The quantitative estimate of drug-likeness (QED) is 0.503. The molecule has 7 heteroatoms. The van der Waals surface area contributed by atoms with Crippen LogP contribution in [0.25, 0.3) is 22.3 Å². The highest BCUT2D eigenvalue weighted by Gasteiger charge is 2.32. The first-order valence-corrected chi connectivity index (χ1v) is 9.18. The maximum absolute atomic E-state index is 13.2. The van der Waals surface area contributed by atoms with E-state index in [1.807, 2.05) is 30.3 Å². The van der Waals surface area contributed by atoms with Gasteiger partial charge in [-0.15, -0.1) is 0 Å². The number of rotatable bonds is 4. The second kappa shape index (κ2) is 7.94. The van der Waals surface area contributed by atoms with Crippen LogP contribution in [0.2, 0.25) is 0 Å². The van der Waals surface area contributed by atoms with E-state index >= 15 is 0 Å². The van der Waals surface area contributed by atoms with Gasteiger partial charge in [-0.05, 0) is 29.8 Å². The molecule has 0 saturated carbocycles. The number of nitrogens with one attached hydrogen (secondary N) is 1. The Morgan fingerprint density at radius 2 is 1.67 bits per heavy atom. The summed E-state index contributed by atoms with van der Waals surface area (Å²) in [4.78, 5) is 21.7. The topological polar surface area (TPSA) is 54.9 Å². The lowest BCUT2D eigenvalue weighted by Gasteiger charge is -2.14. The number of benzene rings is 2. The van der Waals surface area contributed by atoms with E-state index in [-0.39, 0.29) is 12.1 Å². The normalized spacial score (nSPS) is 11.4. The Bertz CT molecular complexity index is 1210. The van der Waals surface area contributed by atoms with Gasteiger partial charge in [-0.25, -0.2) is 9.97 Å². The number of amides is 1. The number of halogens is 3. The second-order valence-corrected chi connectivity index (χ2v) is 6.63. The Morgan fingerprint density at radius 3 is 2.43 bits per heavy atom. The van der Waals surface area contributed by atoms with Crippen LogP contribution in [0.1, 0.15) is 21.5 Å². The molecule has 0 unspecified atom stereocenters. The first-order valence-electron chi connectivity index (χ1n) is 9.18. The smallest absolute Gasteiger partial charge is 0.348 e. The third-order valence-electron chi connectivity index (χ3n) is 4.66. The summed E-state index contributed by atoms with van der Waals surface area (Å²) >= 11 is 0. The van der Waals surface area contributed by atoms with Crippen molar-refractivity contribution in [2.24, 2.45) is 0 Å². The molecule has 0 radical (unpaired) electrons. The van der Waals surface area contributed by atoms with Gasteiger partial charge in [-0.1, -0.05) is 48.5 Å². The molecule has 1 amide bonds. The van der Waals surface area contributed by atoms with Gasteiger partial charge < -0.3 is 5.32 Å². The largest absolute Gasteiger partial charge is 0.416 e. The number of hydrogen-bond acceptors (Lipinski definition) is 3. The lowest BCUT2D eigenvalue weighted by Crippen LogP contribution is -2.25. The van der Waals surface area contributed by atoms with Crippen LogP contribution in [0.4, 0.5) is 13.2 Å². The van der Waals surface area contributed by atoms with E-state index < -0.39 is 17.6 Å². The maximum Gasteiger partial charge on any atom is 0.416 e. The number of alkyl halides is 3. The molecule has 0 spiro atoms. The van der Waals surface area contributed by atoms with Crippen molar-refractivity contribution in [1.29, 1.82) is 0 Å². The molecule has 4 nitrogen and oxygen atoms in total. The summed E-state index contributed by atoms with van der Waals surface area (Å²) in [5.74, 6) is -0.496. The molecule has 0 aliphatic heterocycles. The molecule has 2 aromatic carbocycles. The van der Waals surface area contributed by atoms with Crippen molar-refractivity contribution >= 4 is 16.9 Å². The average molecular weight is 407 g/mol. The number of carbonyl (C=O) groups is 1. The average Bonchev–Trinajstić information content (AvgIpc) is 2.77. The summed E-state index contributed by atoms with van der Waals surface area (Å²) in [6.45, 7) is -0.251. The van der Waals surface area contributed by atoms with E-state index in [0.29, 0.717) is 22.3 Å². The fourth-order valence-corrected chi connectivity index (χ4v) is 3.22. The zero-order valence-electron chi connectivity index (χ0n) is 15.6. The SMILES string of the molecule is O=C(NCc1ccccc1C(F)(F)F)c1cc(-c2ccccc2)nc2ncccc12. The van der Waals surface area contributed by atoms with Crippen molar-refractivity contribution < 1.29 is 18.0 Å². The predicted molar refractivity (Wildman–Crippen MR) is 108 cm³/mol. The van der Waals surface area contributed by atoms with Crippen LogP contribution in [-0.2, 0) is 12.7 Å². The second-order valence-electron chi connectivity index (χ2n) is 6.63. The lowest BCUT2D eigenvalue weighted by molar-refractivity contribution is -0.138. The molecule has 0 saturated heterocycles. The summed E-state index contributed by atoms with van der Waals surface area (Å²) in [6, 6.07) is 19.5. The van der Waals surface area contributed by atoms with E-state index in [4.69, 9.17) is 0 Å². The Labute approximate surface area is 170 Å². The molecule has 1 N–H and O–H groups in total. The highest BCUT2D eigenvalue weighted by molar-refractivity contribution is 6.06. The molecule has 0 aliphatic carbocycles. The minimum Gasteiger partial charge on any atom is -0.348 e. The van der Waals surface area contributed by atoms with Crippen molar-refractivity contribution in [3.63, 3.8) is 0 Å². The molecule has 0 aliphatic rings. The van der Waals surface area contributed by atoms with Gasteiger partial charge in [0.25, 0.3) is 5.91 Å². The van der Waals surface area contributed by atoms with Gasteiger partial charge in [0.1, 0.15) is 0 Å². The Kier molecular flexibility index (Phi) is 5.18. The molecule has 2 aromatic heterocycles. The zero-order chi connectivity index (χ0) is 21.1. The number of fused-ring (bicyclic) bond motifs is 1. The fourth-order valence-electron chi connectivity index (χ4n) is 3.22. The van der Waals surface area contributed by atoms with Crippen molar-refractivity contribution in [2.45, 2.75) is 12.7 Å². The number of pyridine rings is 2. The van der Waals surface area contributed by atoms with Crippen LogP contribution >= 0.6 is 0 Å². The van der Waals surface area contributed by atoms with Gasteiger partial charge in [-0.2, -0.15) is 13.2 Å². The summed E-state index contributed by atoms with van der Waals surface area (Å²) in [5, 5.41) is 3.13. The van der Waals surface area contributed by atoms with E-state index in [1.165, 1.54) is 18.2 Å². The van der Waals surface area contributed by atoms with Gasteiger partial charge in [-0.3, -0.25) is 4.79 Å². The van der Waals surface area contributed by atoms with Crippen LogP contribution in [0, 0.1) is 0 Å². The van der Waals surface area contributed by atoms with E-state index in [1.54, 1.807) is 24.4 Å². The molecule has 0 bridgehead atoms. The molecule has 30 heavy (non-hydrogen) atoms. The van der Waals surface area contributed by atoms with Gasteiger partial charge >= 0.3 is 6.18 Å².